The molecule has 0 bridgehead atoms. The minimum Gasteiger partial charge on any atom is -0.370 e. The Hall–Kier alpha value is -3.12. The lowest BCUT2D eigenvalue weighted by Gasteiger charge is -2.17. The molecule has 1 fully saturated rings. The summed E-state index contributed by atoms with van der Waals surface area (Å²) >= 11 is 5.88. The summed E-state index contributed by atoms with van der Waals surface area (Å²) in [6, 6.07) is 16.8. The maximum absolute atomic E-state index is 12.2. The SMILES string of the molecule is O=C(Cc1ccc(Cl)cc1)Nc1ccc(Nc2cc(N3CCCC3)cnn2)cc1. The van der Waals surface area contributed by atoms with Crippen LogP contribution in [-0.4, -0.2) is 29.2 Å². The van der Waals surface area contributed by atoms with Crippen molar-refractivity contribution in [2.45, 2.75) is 19.3 Å². The highest BCUT2D eigenvalue weighted by atomic mass is 35.5. The Kier molecular flexibility index (Phi) is 5.91. The standard InChI is InChI=1S/C22H22ClN5O/c23-17-5-3-16(4-6-17)13-22(29)26-19-9-7-18(8-10-19)25-21-14-20(15-24-27-21)28-11-1-2-12-28/h3-10,14-15H,1-2,11-13H2,(H,25,27)(H,26,29). The number of anilines is 4. The molecule has 3 aromatic rings. The molecule has 2 heterocycles. The van der Waals surface area contributed by atoms with Crippen molar-refractivity contribution in [1.82, 2.24) is 10.2 Å². The summed E-state index contributed by atoms with van der Waals surface area (Å²) < 4.78 is 0. The van der Waals surface area contributed by atoms with E-state index in [1.807, 2.05) is 42.5 Å². The first kappa shape index (κ1) is 19.2. The van der Waals surface area contributed by atoms with Crippen molar-refractivity contribution in [1.29, 1.82) is 0 Å². The van der Waals surface area contributed by atoms with Crippen molar-refractivity contribution in [3.63, 3.8) is 0 Å². The van der Waals surface area contributed by atoms with Crippen molar-refractivity contribution in [2.24, 2.45) is 0 Å². The molecule has 1 aliphatic rings. The lowest BCUT2D eigenvalue weighted by molar-refractivity contribution is -0.115. The predicted molar refractivity (Wildman–Crippen MR) is 117 cm³/mol. The molecule has 148 valence electrons. The van der Waals surface area contributed by atoms with Gasteiger partial charge >= 0.3 is 0 Å². The van der Waals surface area contributed by atoms with Crippen LogP contribution in [0, 0.1) is 0 Å². The van der Waals surface area contributed by atoms with E-state index in [9.17, 15) is 4.79 Å². The van der Waals surface area contributed by atoms with E-state index in [1.165, 1.54) is 12.8 Å². The van der Waals surface area contributed by atoms with Gasteiger partial charge in [0.2, 0.25) is 5.91 Å². The van der Waals surface area contributed by atoms with Gasteiger partial charge in [-0.15, -0.1) is 5.10 Å². The summed E-state index contributed by atoms with van der Waals surface area (Å²) in [6.45, 7) is 2.13. The van der Waals surface area contributed by atoms with Crippen LogP contribution < -0.4 is 15.5 Å². The number of carbonyl (C=O) groups is 1. The molecular formula is C22H22ClN5O. The molecule has 1 saturated heterocycles. The molecule has 0 saturated carbocycles. The van der Waals surface area contributed by atoms with Crippen molar-refractivity contribution in [3.8, 4) is 0 Å². The highest BCUT2D eigenvalue weighted by Crippen LogP contribution is 2.23. The number of benzene rings is 2. The van der Waals surface area contributed by atoms with E-state index in [1.54, 1.807) is 18.3 Å². The Morgan fingerprint density at radius 2 is 1.69 bits per heavy atom. The predicted octanol–water partition coefficient (Wildman–Crippen LogP) is 4.66. The molecule has 0 unspecified atom stereocenters. The molecule has 0 radical (unpaired) electrons. The molecule has 1 amide bonds. The minimum atomic E-state index is -0.0720. The van der Waals surface area contributed by atoms with Crippen LogP contribution in [0.2, 0.25) is 5.02 Å². The van der Waals surface area contributed by atoms with E-state index < -0.39 is 0 Å². The molecule has 1 aliphatic heterocycles. The van der Waals surface area contributed by atoms with E-state index in [-0.39, 0.29) is 5.91 Å². The van der Waals surface area contributed by atoms with Crippen LogP contribution in [0.25, 0.3) is 0 Å². The second kappa shape index (κ2) is 8.92. The number of hydrogen-bond acceptors (Lipinski definition) is 5. The maximum Gasteiger partial charge on any atom is 0.228 e. The molecule has 0 spiro atoms. The summed E-state index contributed by atoms with van der Waals surface area (Å²) in [6.07, 6.45) is 4.54. The summed E-state index contributed by atoms with van der Waals surface area (Å²) in [7, 11) is 0. The van der Waals surface area contributed by atoms with Crippen LogP contribution in [0.1, 0.15) is 18.4 Å². The first-order valence-corrected chi connectivity index (χ1v) is 10.0. The highest BCUT2D eigenvalue weighted by Gasteiger charge is 2.13. The molecule has 2 aromatic carbocycles. The number of halogens is 1. The molecular weight excluding hydrogens is 386 g/mol. The van der Waals surface area contributed by atoms with Gasteiger partial charge in [0, 0.05) is 35.6 Å². The smallest absolute Gasteiger partial charge is 0.228 e. The molecule has 4 rings (SSSR count). The van der Waals surface area contributed by atoms with Crippen molar-refractivity contribution >= 4 is 40.4 Å². The van der Waals surface area contributed by atoms with Gasteiger partial charge in [-0.25, -0.2) is 0 Å². The number of amides is 1. The number of rotatable bonds is 6. The topological polar surface area (TPSA) is 70.2 Å². The van der Waals surface area contributed by atoms with Crippen molar-refractivity contribution in [3.05, 3.63) is 71.4 Å². The highest BCUT2D eigenvalue weighted by molar-refractivity contribution is 6.30. The van der Waals surface area contributed by atoms with Gasteiger partial charge in [0.1, 0.15) is 0 Å². The van der Waals surface area contributed by atoms with Gasteiger partial charge in [0.05, 0.1) is 18.3 Å². The van der Waals surface area contributed by atoms with E-state index in [4.69, 9.17) is 11.6 Å². The van der Waals surface area contributed by atoms with Gasteiger partial charge in [-0.1, -0.05) is 23.7 Å². The van der Waals surface area contributed by atoms with Gasteiger partial charge in [0.15, 0.2) is 5.82 Å². The van der Waals surface area contributed by atoms with Crippen molar-refractivity contribution < 1.29 is 4.79 Å². The fraction of sp³-hybridized carbons (Fsp3) is 0.227. The molecule has 1 aromatic heterocycles. The zero-order chi connectivity index (χ0) is 20.1. The van der Waals surface area contributed by atoms with Crippen LogP contribution in [0.5, 0.6) is 0 Å². The first-order valence-electron chi connectivity index (χ1n) is 9.65. The monoisotopic (exact) mass is 407 g/mol. The quantitative estimate of drug-likeness (QED) is 0.622. The third kappa shape index (κ3) is 5.23. The largest absolute Gasteiger partial charge is 0.370 e. The van der Waals surface area contributed by atoms with Crippen LogP contribution in [0.15, 0.2) is 60.8 Å². The Balaban J connectivity index is 1.34. The third-order valence-electron chi connectivity index (χ3n) is 4.83. The normalized spacial score (nSPS) is 13.3. The summed E-state index contributed by atoms with van der Waals surface area (Å²) in [5.74, 6) is 0.631. The Morgan fingerprint density at radius 1 is 1.00 bits per heavy atom. The van der Waals surface area contributed by atoms with Crippen molar-refractivity contribution in [2.75, 3.05) is 28.6 Å². The average molecular weight is 408 g/mol. The van der Waals surface area contributed by atoms with Crippen LogP contribution in [0.4, 0.5) is 22.9 Å². The number of nitrogens with one attached hydrogen (secondary N) is 2. The molecule has 7 heteroatoms. The second-order valence-electron chi connectivity index (χ2n) is 7.05. The zero-order valence-corrected chi connectivity index (χ0v) is 16.7. The zero-order valence-electron chi connectivity index (χ0n) is 15.9. The molecule has 29 heavy (non-hydrogen) atoms. The second-order valence-corrected chi connectivity index (χ2v) is 7.48. The number of aromatic nitrogens is 2. The average Bonchev–Trinajstić information content (AvgIpc) is 3.26. The molecule has 2 N–H and O–H groups in total. The Bertz CT molecular complexity index is 969. The van der Waals surface area contributed by atoms with E-state index in [0.29, 0.717) is 17.3 Å². The third-order valence-corrected chi connectivity index (χ3v) is 5.08. The van der Waals surface area contributed by atoms with E-state index in [0.717, 1.165) is 35.7 Å². The molecule has 6 nitrogen and oxygen atoms in total. The van der Waals surface area contributed by atoms with Gasteiger partial charge < -0.3 is 15.5 Å². The van der Waals surface area contributed by atoms with Gasteiger partial charge in [0.25, 0.3) is 0 Å². The fourth-order valence-corrected chi connectivity index (χ4v) is 3.47. The maximum atomic E-state index is 12.2. The van der Waals surface area contributed by atoms with E-state index >= 15 is 0 Å². The fourth-order valence-electron chi connectivity index (χ4n) is 3.34. The van der Waals surface area contributed by atoms with Crippen LogP contribution in [0.3, 0.4) is 0 Å². The molecule has 0 atom stereocenters. The minimum absolute atomic E-state index is 0.0720. The Morgan fingerprint density at radius 3 is 2.41 bits per heavy atom. The first-order chi connectivity index (χ1) is 14.2. The lowest BCUT2D eigenvalue weighted by atomic mass is 10.1. The van der Waals surface area contributed by atoms with Gasteiger partial charge in [-0.2, -0.15) is 5.10 Å². The Labute approximate surface area is 174 Å². The number of nitrogens with zero attached hydrogens (tertiary/aromatic N) is 3. The van der Waals surface area contributed by atoms with Gasteiger partial charge in [-0.3, -0.25) is 4.79 Å². The summed E-state index contributed by atoms with van der Waals surface area (Å²) in [4.78, 5) is 14.5. The van der Waals surface area contributed by atoms with Crippen LogP contribution in [-0.2, 0) is 11.2 Å². The van der Waals surface area contributed by atoms with E-state index in [2.05, 4.69) is 25.7 Å². The van der Waals surface area contributed by atoms with Crippen LogP contribution >= 0.6 is 11.6 Å². The summed E-state index contributed by atoms with van der Waals surface area (Å²) in [5, 5.41) is 15.1. The summed E-state index contributed by atoms with van der Waals surface area (Å²) in [5.41, 5.74) is 3.63. The lowest BCUT2D eigenvalue weighted by Crippen LogP contribution is -2.18. The molecule has 0 aliphatic carbocycles. The number of carbonyl (C=O) groups excluding carboxylic acids is 1. The van der Waals surface area contributed by atoms with Gasteiger partial charge in [-0.05, 0) is 54.8 Å². The number of hydrogen-bond donors (Lipinski definition) is 2.